The SMILES string of the molecule is COc1cc(C)c(C(=O)NCC(OC)C(=O)O)cc1OC. The van der Waals surface area contributed by atoms with Crippen LogP contribution in [0.4, 0.5) is 0 Å². The molecule has 1 rings (SSSR count). The fourth-order valence-corrected chi connectivity index (χ4v) is 1.78. The van der Waals surface area contributed by atoms with Crippen LogP contribution in [0.25, 0.3) is 0 Å². The van der Waals surface area contributed by atoms with E-state index in [0.717, 1.165) is 0 Å². The van der Waals surface area contributed by atoms with Gasteiger partial charge in [0.05, 0.1) is 20.8 Å². The molecule has 0 radical (unpaired) electrons. The van der Waals surface area contributed by atoms with E-state index >= 15 is 0 Å². The molecule has 1 aromatic carbocycles. The third kappa shape index (κ3) is 4.09. The summed E-state index contributed by atoms with van der Waals surface area (Å²) in [6.45, 7) is 1.63. The van der Waals surface area contributed by atoms with Crippen LogP contribution in [-0.4, -0.2) is 51.0 Å². The molecule has 0 saturated carbocycles. The third-order valence-electron chi connectivity index (χ3n) is 2.98. The highest BCUT2D eigenvalue weighted by Crippen LogP contribution is 2.30. The maximum atomic E-state index is 12.1. The van der Waals surface area contributed by atoms with Crippen LogP contribution < -0.4 is 14.8 Å². The molecule has 1 atom stereocenters. The highest BCUT2D eigenvalue weighted by Gasteiger charge is 2.19. The van der Waals surface area contributed by atoms with Crippen molar-refractivity contribution in [3.8, 4) is 11.5 Å². The second-order valence-corrected chi connectivity index (χ2v) is 4.29. The molecule has 7 heteroatoms. The van der Waals surface area contributed by atoms with Crippen molar-refractivity contribution in [2.24, 2.45) is 0 Å². The molecule has 7 nitrogen and oxygen atoms in total. The highest BCUT2D eigenvalue weighted by atomic mass is 16.5. The van der Waals surface area contributed by atoms with Crippen LogP contribution in [-0.2, 0) is 9.53 Å². The molecule has 0 aliphatic rings. The molecule has 0 spiro atoms. The molecule has 0 fully saturated rings. The normalized spacial score (nSPS) is 11.6. The van der Waals surface area contributed by atoms with E-state index in [1.54, 1.807) is 19.1 Å². The lowest BCUT2D eigenvalue weighted by atomic mass is 10.1. The second-order valence-electron chi connectivity index (χ2n) is 4.29. The van der Waals surface area contributed by atoms with Crippen molar-refractivity contribution < 1.29 is 28.9 Å². The van der Waals surface area contributed by atoms with E-state index in [9.17, 15) is 9.59 Å². The van der Waals surface area contributed by atoms with Gasteiger partial charge in [0.1, 0.15) is 0 Å². The van der Waals surface area contributed by atoms with Crippen molar-refractivity contribution in [3.05, 3.63) is 23.3 Å². The highest BCUT2D eigenvalue weighted by molar-refractivity contribution is 5.96. The molecule has 2 N–H and O–H groups in total. The number of hydrogen-bond donors (Lipinski definition) is 2. The zero-order valence-corrected chi connectivity index (χ0v) is 12.4. The standard InChI is InChI=1S/C14H19NO6/c1-8-5-10(19-2)11(20-3)6-9(8)13(16)15-7-12(21-4)14(17)18/h5-6,12H,7H2,1-4H3,(H,15,16)(H,17,18). The Morgan fingerprint density at radius 1 is 1.19 bits per heavy atom. The summed E-state index contributed by atoms with van der Waals surface area (Å²) >= 11 is 0. The van der Waals surface area contributed by atoms with E-state index < -0.39 is 18.0 Å². The first-order chi connectivity index (χ1) is 9.94. The Balaban J connectivity index is 2.90. The lowest BCUT2D eigenvalue weighted by Crippen LogP contribution is -2.38. The van der Waals surface area contributed by atoms with Gasteiger partial charge in [-0.25, -0.2) is 4.79 Å². The smallest absolute Gasteiger partial charge is 0.334 e. The van der Waals surface area contributed by atoms with Gasteiger partial charge in [0.25, 0.3) is 5.91 Å². The first kappa shape index (κ1) is 16.8. The van der Waals surface area contributed by atoms with Gasteiger partial charge < -0.3 is 24.6 Å². The number of carboxylic acids is 1. The zero-order valence-electron chi connectivity index (χ0n) is 12.4. The summed E-state index contributed by atoms with van der Waals surface area (Å²) in [5, 5.41) is 11.4. The summed E-state index contributed by atoms with van der Waals surface area (Å²) in [6, 6.07) is 3.23. The fourth-order valence-electron chi connectivity index (χ4n) is 1.78. The molecule has 0 aliphatic carbocycles. The van der Waals surface area contributed by atoms with Crippen LogP contribution in [0.1, 0.15) is 15.9 Å². The van der Waals surface area contributed by atoms with Crippen LogP contribution >= 0.6 is 0 Å². The van der Waals surface area contributed by atoms with Crippen molar-refractivity contribution >= 4 is 11.9 Å². The quantitative estimate of drug-likeness (QED) is 0.774. The summed E-state index contributed by atoms with van der Waals surface area (Å²) in [5.74, 6) is -0.597. The van der Waals surface area contributed by atoms with Gasteiger partial charge in [-0.3, -0.25) is 4.79 Å². The average Bonchev–Trinajstić information content (AvgIpc) is 2.46. The van der Waals surface area contributed by atoms with E-state index in [0.29, 0.717) is 22.6 Å². The lowest BCUT2D eigenvalue weighted by Gasteiger charge is -2.14. The van der Waals surface area contributed by atoms with Crippen LogP contribution in [0.5, 0.6) is 11.5 Å². The number of amides is 1. The molecule has 116 valence electrons. The Hall–Kier alpha value is -2.28. The van der Waals surface area contributed by atoms with E-state index in [-0.39, 0.29) is 6.54 Å². The summed E-state index contributed by atoms with van der Waals surface area (Å²) < 4.78 is 15.0. The van der Waals surface area contributed by atoms with Crippen LogP contribution in [0, 0.1) is 6.92 Å². The second kappa shape index (κ2) is 7.49. The minimum absolute atomic E-state index is 0.127. The summed E-state index contributed by atoms with van der Waals surface area (Å²) in [4.78, 5) is 22.9. The predicted molar refractivity (Wildman–Crippen MR) is 75.0 cm³/mol. The van der Waals surface area contributed by atoms with Gasteiger partial charge in [0, 0.05) is 12.7 Å². The van der Waals surface area contributed by atoms with Gasteiger partial charge in [0.2, 0.25) is 0 Å². The number of rotatable bonds is 7. The molecule has 0 aromatic heterocycles. The largest absolute Gasteiger partial charge is 0.493 e. The molecule has 0 aliphatic heterocycles. The van der Waals surface area contributed by atoms with Crippen molar-refractivity contribution in [1.82, 2.24) is 5.32 Å². The molecule has 1 amide bonds. The van der Waals surface area contributed by atoms with Crippen molar-refractivity contribution in [3.63, 3.8) is 0 Å². The topological polar surface area (TPSA) is 94.1 Å². The van der Waals surface area contributed by atoms with Crippen molar-refractivity contribution in [1.29, 1.82) is 0 Å². The fraction of sp³-hybridized carbons (Fsp3) is 0.429. The summed E-state index contributed by atoms with van der Waals surface area (Å²) in [5.41, 5.74) is 1.07. The van der Waals surface area contributed by atoms with Gasteiger partial charge in [-0.1, -0.05) is 0 Å². The number of aryl methyl sites for hydroxylation is 1. The van der Waals surface area contributed by atoms with Crippen LogP contribution in [0.3, 0.4) is 0 Å². The number of aliphatic carboxylic acids is 1. The molecule has 21 heavy (non-hydrogen) atoms. The number of hydrogen-bond acceptors (Lipinski definition) is 5. The van der Waals surface area contributed by atoms with Gasteiger partial charge in [-0.15, -0.1) is 0 Å². The van der Waals surface area contributed by atoms with Gasteiger partial charge >= 0.3 is 5.97 Å². The number of methoxy groups -OCH3 is 3. The van der Waals surface area contributed by atoms with E-state index in [1.165, 1.54) is 21.3 Å². The number of nitrogens with one attached hydrogen (secondary N) is 1. The van der Waals surface area contributed by atoms with E-state index in [1.807, 2.05) is 0 Å². The maximum Gasteiger partial charge on any atom is 0.334 e. The first-order valence-electron chi connectivity index (χ1n) is 6.21. The summed E-state index contributed by atoms with van der Waals surface area (Å²) in [7, 11) is 4.25. The number of carbonyl (C=O) groups excluding carboxylic acids is 1. The monoisotopic (exact) mass is 297 g/mol. The number of benzene rings is 1. The van der Waals surface area contributed by atoms with E-state index in [2.05, 4.69) is 5.32 Å². The van der Waals surface area contributed by atoms with E-state index in [4.69, 9.17) is 19.3 Å². The Morgan fingerprint density at radius 2 is 1.76 bits per heavy atom. The molecule has 1 aromatic rings. The minimum atomic E-state index is -1.14. The van der Waals surface area contributed by atoms with Crippen molar-refractivity contribution in [2.45, 2.75) is 13.0 Å². The Labute approximate surface area is 122 Å². The van der Waals surface area contributed by atoms with Gasteiger partial charge in [-0.05, 0) is 24.6 Å². The first-order valence-corrected chi connectivity index (χ1v) is 6.21. The number of ether oxygens (including phenoxy) is 3. The predicted octanol–water partition coefficient (Wildman–Crippen LogP) is 0.842. The van der Waals surface area contributed by atoms with Gasteiger partial charge in [0.15, 0.2) is 17.6 Å². The molecule has 0 heterocycles. The number of carbonyl (C=O) groups is 2. The minimum Gasteiger partial charge on any atom is -0.493 e. The van der Waals surface area contributed by atoms with Crippen LogP contribution in [0.15, 0.2) is 12.1 Å². The molecule has 0 bridgehead atoms. The zero-order chi connectivity index (χ0) is 16.0. The maximum absolute atomic E-state index is 12.1. The number of carboxylic acid groups (broad SMARTS) is 1. The summed E-state index contributed by atoms with van der Waals surface area (Å²) in [6.07, 6.45) is -1.09. The molecule has 1 unspecified atom stereocenters. The van der Waals surface area contributed by atoms with Crippen molar-refractivity contribution in [2.75, 3.05) is 27.9 Å². The lowest BCUT2D eigenvalue weighted by molar-refractivity contribution is -0.148. The van der Waals surface area contributed by atoms with Gasteiger partial charge in [-0.2, -0.15) is 0 Å². The Bertz CT molecular complexity index is 528. The Kier molecular flexibility index (Phi) is 5.98. The van der Waals surface area contributed by atoms with Crippen LogP contribution in [0.2, 0.25) is 0 Å². The average molecular weight is 297 g/mol. The molecule has 0 saturated heterocycles. The molecular formula is C14H19NO6. The Morgan fingerprint density at radius 3 is 2.24 bits per heavy atom. The molecular weight excluding hydrogens is 278 g/mol. The third-order valence-corrected chi connectivity index (χ3v) is 2.98.